The average Bonchev–Trinajstić information content (AvgIpc) is 3.56. The maximum absolute atomic E-state index is 14.2. The van der Waals surface area contributed by atoms with Gasteiger partial charge in [-0.15, -0.1) is 0 Å². The molecular weight excluding hydrogens is 514 g/mol. The number of carbonyl (C=O) groups is 1. The van der Waals surface area contributed by atoms with E-state index in [9.17, 15) is 4.79 Å². The first-order chi connectivity index (χ1) is 20.1. The Balaban J connectivity index is 1.39. The number of hydrogen-bond acceptors (Lipinski definition) is 6. The Hall–Kier alpha value is -5.11. The SMILES string of the molecule is COc1ccc(CN2C(=O)C3(CCC3)c3cc(-c4ccnn4-c4ccccc4)cc(Oc4ccc(N)nc4)c32)cc1. The number of rotatable bonds is 7. The van der Waals surface area contributed by atoms with Gasteiger partial charge in [-0.2, -0.15) is 5.10 Å². The van der Waals surface area contributed by atoms with Gasteiger partial charge in [-0.3, -0.25) is 4.79 Å². The number of hydrogen-bond donors (Lipinski definition) is 1. The summed E-state index contributed by atoms with van der Waals surface area (Å²) in [4.78, 5) is 20.3. The summed E-state index contributed by atoms with van der Waals surface area (Å²) in [5.41, 5.74) is 10.9. The predicted octanol–water partition coefficient (Wildman–Crippen LogP) is 6.29. The highest BCUT2D eigenvalue weighted by Crippen LogP contribution is 2.58. The van der Waals surface area contributed by atoms with Gasteiger partial charge in [-0.1, -0.05) is 36.8 Å². The Morgan fingerprint density at radius 1 is 0.951 bits per heavy atom. The molecule has 2 N–H and O–H groups in total. The molecule has 0 unspecified atom stereocenters. The number of nitrogens with zero attached hydrogens (tertiary/aromatic N) is 4. The van der Waals surface area contributed by atoms with Crippen molar-refractivity contribution in [2.75, 3.05) is 17.7 Å². The molecule has 1 aliphatic carbocycles. The normalized spacial score (nSPS) is 15.0. The summed E-state index contributed by atoms with van der Waals surface area (Å²) in [7, 11) is 1.65. The van der Waals surface area contributed by atoms with E-state index in [2.05, 4.69) is 16.1 Å². The highest BCUT2D eigenvalue weighted by Gasteiger charge is 2.55. The first-order valence-corrected chi connectivity index (χ1v) is 13.7. The highest BCUT2D eigenvalue weighted by molar-refractivity contribution is 6.10. The standard InChI is InChI=1S/C33H29N5O3/c1-40-25-10-8-22(9-11-25)21-37-31-27(33(32(37)39)15-5-16-33)18-23(19-29(31)41-26-12-13-30(34)35-20-26)28-14-17-36-38(28)24-6-3-2-4-7-24/h2-4,6-14,17-20H,5,15-16,21H2,1H3,(H2,34,35). The lowest BCUT2D eigenvalue weighted by molar-refractivity contribution is -0.126. The van der Waals surface area contributed by atoms with Crippen LogP contribution in [0.3, 0.4) is 0 Å². The summed E-state index contributed by atoms with van der Waals surface area (Å²) < 4.78 is 13.8. The molecular formula is C33H29N5O3. The van der Waals surface area contributed by atoms with Crippen molar-refractivity contribution in [1.29, 1.82) is 0 Å². The zero-order chi connectivity index (χ0) is 28.0. The van der Waals surface area contributed by atoms with Gasteiger partial charge in [0.15, 0.2) is 5.75 Å². The van der Waals surface area contributed by atoms with Gasteiger partial charge in [0, 0.05) is 5.56 Å². The van der Waals surface area contributed by atoms with E-state index in [1.165, 1.54) is 0 Å². The summed E-state index contributed by atoms with van der Waals surface area (Å²) in [6.45, 7) is 0.426. The van der Waals surface area contributed by atoms with Gasteiger partial charge in [0.05, 0.1) is 48.5 Å². The lowest BCUT2D eigenvalue weighted by atomic mass is 9.65. The van der Waals surface area contributed by atoms with Crippen LogP contribution in [0.2, 0.25) is 0 Å². The monoisotopic (exact) mass is 543 g/mol. The average molecular weight is 544 g/mol. The van der Waals surface area contributed by atoms with Crippen LogP contribution >= 0.6 is 0 Å². The smallest absolute Gasteiger partial charge is 0.238 e. The molecule has 1 aliphatic heterocycles. The van der Waals surface area contributed by atoms with E-state index in [0.29, 0.717) is 23.9 Å². The number of para-hydroxylation sites is 1. The van der Waals surface area contributed by atoms with Crippen LogP contribution in [0.5, 0.6) is 17.2 Å². The number of aromatic nitrogens is 3. The van der Waals surface area contributed by atoms with Gasteiger partial charge in [0.1, 0.15) is 17.3 Å². The number of pyridine rings is 1. The second-order valence-electron chi connectivity index (χ2n) is 10.5. The van der Waals surface area contributed by atoms with Crippen molar-refractivity contribution in [3.63, 3.8) is 0 Å². The third-order valence-electron chi connectivity index (χ3n) is 8.15. The van der Waals surface area contributed by atoms with Crippen LogP contribution < -0.4 is 20.1 Å². The van der Waals surface area contributed by atoms with Gasteiger partial charge >= 0.3 is 0 Å². The predicted molar refractivity (Wildman–Crippen MR) is 157 cm³/mol. The van der Waals surface area contributed by atoms with E-state index in [4.69, 9.17) is 15.2 Å². The van der Waals surface area contributed by atoms with Gasteiger partial charge in [0.25, 0.3) is 0 Å². The largest absolute Gasteiger partial charge is 0.497 e. The third-order valence-corrected chi connectivity index (χ3v) is 8.15. The van der Waals surface area contributed by atoms with E-state index in [1.54, 1.807) is 31.6 Å². The molecule has 0 bridgehead atoms. The van der Waals surface area contributed by atoms with Gasteiger partial charge in [0.2, 0.25) is 5.91 Å². The molecule has 5 aromatic rings. The molecule has 1 spiro atoms. The van der Waals surface area contributed by atoms with Crippen LogP contribution in [0.4, 0.5) is 11.5 Å². The van der Waals surface area contributed by atoms with E-state index >= 15 is 0 Å². The fourth-order valence-electron chi connectivity index (χ4n) is 5.91. The Morgan fingerprint density at radius 3 is 2.41 bits per heavy atom. The number of methoxy groups -OCH3 is 1. The molecule has 1 amide bonds. The van der Waals surface area contributed by atoms with Gasteiger partial charge in [-0.05, 0) is 78.6 Å². The zero-order valence-electron chi connectivity index (χ0n) is 22.7. The molecule has 1 saturated carbocycles. The second kappa shape index (κ2) is 9.82. The Kier molecular flexibility index (Phi) is 5.96. The van der Waals surface area contributed by atoms with Crippen molar-refractivity contribution >= 4 is 17.4 Å². The Bertz CT molecular complexity index is 1730. The van der Waals surface area contributed by atoms with Crippen LogP contribution in [-0.2, 0) is 16.8 Å². The number of amides is 1. The Morgan fingerprint density at radius 2 is 1.73 bits per heavy atom. The maximum atomic E-state index is 14.2. The van der Waals surface area contributed by atoms with Crippen LogP contribution in [-0.4, -0.2) is 27.8 Å². The number of nitrogen functional groups attached to an aromatic ring is 1. The summed E-state index contributed by atoms with van der Waals surface area (Å²) in [6, 6.07) is 27.5. The molecule has 8 nitrogen and oxygen atoms in total. The van der Waals surface area contributed by atoms with E-state index < -0.39 is 5.41 Å². The van der Waals surface area contributed by atoms with Crippen LogP contribution in [0.1, 0.15) is 30.4 Å². The third kappa shape index (κ3) is 4.19. The second-order valence-corrected chi connectivity index (χ2v) is 10.5. The molecule has 7 rings (SSSR count). The van der Waals surface area contributed by atoms with E-state index in [-0.39, 0.29) is 5.91 Å². The molecule has 3 aromatic carbocycles. The number of anilines is 2. The van der Waals surface area contributed by atoms with Crippen molar-refractivity contribution in [3.8, 4) is 34.2 Å². The number of nitrogens with two attached hydrogens (primary N) is 1. The molecule has 2 aromatic heterocycles. The molecule has 41 heavy (non-hydrogen) atoms. The summed E-state index contributed by atoms with van der Waals surface area (Å²) in [5.74, 6) is 2.44. The minimum absolute atomic E-state index is 0.114. The molecule has 8 heteroatoms. The molecule has 204 valence electrons. The van der Waals surface area contributed by atoms with Crippen LogP contribution in [0, 0.1) is 0 Å². The quantitative estimate of drug-likeness (QED) is 0.259. The minimum Gasteiger partial charge on any atom is -0.497 e. The first-order valence-electron chi connectivity index (χ1n) is 13.7. The van der Waals surface area contributed by atoms with Crippen molar-refractivity contribution < 1.29 is 14.3 Å². The first kappa shape index (κ1) is 24.9. The molecule has 1 fully saturated rings. The number of ether oxygens (including phenoxy) is 2. The summed E-state index contributed by atoms with van der Waals surface area (Å²) in [6.07, 6.45) is 6.02. The van der Waals surface area contributed by atoms with Gasteiger partial charge < -0.3 is 20.1 Å². The topological polar surface area (TPSA) is 95.5 Å². The lowest BCUT2D eigenvalue weighted by Crippen LogP contribution is -2.44. The number of benzene rings is 3. The minimum atomic E-state index is -0.563. The van der Waals surface area contributed by atoms with E-state index in [0.717, 1.165) is 58.8 Å². The molecule has 3 heterocycles. The van der Waals surface area contributed by atoms with Gasteiger partial charge in [-0.25, -0.2) is 9.67 Å². The lowest BCUT2D eigenvalue weighted by Gasteiger charge is -2.37. The fourth-order valence-corrected chi connectivity index (χ4v) is 5.91. The summed E-state index contributed by atoms with van der Waals surface area (Å²) >= 11 is 0. The number of carbonyl (C=O) groups excluding carboxylic acids is 1. The van der Waals surface area contributed by atoms with Crippen molar-refractivity contribution in [1.82, 2.24) is 14.8 Å². The molecule has 0 atom stereocenters. The van der Waals surface area contributed by atoms with Crippen LogP contribution in [0.15, 0.2) is 97.3 Å². The molecule has 2 aliphatic rings. The van der Waals surface area contributed by atoms with Crippen molar-refractivity contribution in [3.05, 3.63) is 108 Å². The van der Waals surface area contributed by atoms with E-state index in [1.807, 2.05) is 76.3 Å². The summed E-state index contributed by atoms with van der Waals surface area (Å²) in [5, 5.41) is 4.61. The number of fused-ring (bicyclic) bond motifs is 2. The molecule has 0 saturated heterocycles. The molecule has 0 radical (unpaired) electrons. The maximum Gasteiger partial charge on any atom is 0.238 e. The van der Waals surface area contributed by atoms with Crippen LogP contribution in [0.25, 0.3) is 16.9 Å². The fraction of sp³-hybridized carbons (Fsp3) is 0.182. The van der Waals surface area contributed by atoms with Crippen molar-refractivity contribution in [2.24, 2.45) is 0 Å². The highest BCUT2D eigenvalue weighted by atomic mass is 16.5. The van der Waals surface area contributed by atoms with Crippen molar-refractivity contribution in [2.45, 2.75) is 31.2 Å². The Labute approximate surface area is 238 Å². The zero-order valence-corrected chi connectivity index (χ0v) is 22.7.